The minimum atomic E-state index is 0.0549. The van der Waals surface area contributed by atoms with Crippen molar-refractivity contribution < 1.29 is 4.79 Å². The summed E-state index contributed by atoms with van der Waals surface area (Å²) in [6.45, 7) is 1.51. The summed E-state index contributed by atoms with van der Waals surface area (Å²) in [5, 5.41) is 12.7. The molecule has 0 saturated carbocycles. The first-order valence-electron chi connectivity index (χ1n) is 8.42. The number of rotatable bonds is 8. The molecule has 1 aromatic carbocycles. The molecular weight excluding hydrogens is 322 g/mol. The molecule has 1 aliphatic rings. The van der Waals surface area contributed by atoms with Gasteiger partial charge in [0.25, 0.3) is 0 Å². The fraction of sp³-hybridized carbons (Fsp3) is 0.474. The standard InChI is InChI=1S/C19H24ClN3O/c1-22-13-18(9-10-24)23(14-15-5-3-2-4-6-15)17-8-7-16(12-21)19(20)11-17/h5,7-8,10-11,18,22H,2-4,6,9,13-14H2,1H3/t18-/m0/s1. The lowest BCUT2D eigenvalue weighted by Gasteiger charge is -2.34. The Kier molecular flexibility index (Phi) is 7.30. The normalized spacial score (nSPS) is 15.3. The van der Waals surface area contributed by atoms with Crippen LogP contribution in [0.4, 0.5) is 5.69 Å². The summed E-state index contributed by atoms with van der Waals surface area (Å²) in [6, 6.07) is 7.64. The zero-order chi connectivity index (χ0) is 17.4. The van der Waals surface area contributed by atoms with Crippen molar-refractivity contribution in [2.24, 2.45) is 0 Å². The third kappa shape index (κ3) is 4.83. The number of hydrogen-bond acceptors (Lipinski definition) is 4. The van der Waals surface area contributed by atoms with Crippen molar-refractivity contribution >= 4 is 23.6 Å². The number of allylic oxidation sites excluding steroid dienone is 1. The van der Waals surface area contributed by atoms with E-state index in [0.717, 1.165) is 31.4 Å². The molecule has 0 amide bonds. The number of nitrogens with zero attached hydrogens (tertiary/aromatic N) is 2. The van der Waals surface area contributed by atoms with E-state index in [9.17, 15) is 4.79 Å². The Morgan fingerprint density at radius 1 is 1.46 bits per heavy atom. The number of nitrogens with one attached hydrogen (secondary N) is 1. The monoisotopic (exact) mass is 345 g/mol. The van der Waals surface area contributed by atoms with Crippen molar-refractivity contribution in [3.8, 4) is 6.07 Å². The molecule has 0 aliphatic heterocycles. The summed E-state index contributed by atoms with van der Waals surface area (Å²) >= 11 is 6.23. The van der Waals surface area contributed by atoms with Crippen molar-refractivity contribution in [3.63, 3.8) is 0 Å². The summed E-state index contributed by atoms with van der Waals surface area (Å²) < 4.78 is 0. The first-order valence-corrected chi connectivity index (χ1v) is 8.79. The molecule has 0 spiro atoms. The summed E-state index contributed by atoms with van der Waals surface area (Å²) in [6.07, 6.45) is 8.44. The van der Waals surface area contributed by atoms with Crippen LogP contribution >= 0.6 is 11.6 Å². The van der Waals surface area contributed by atoms with Crippen LogP contribution in [0.3, 0.4) is 0 Å². The number of halogens is 1. The van der Waals surface area contributed by atoms with Gasteiger partial charge in [-0.15, -0.1) is 0 Å². The number of carbonyl (C=O) groups is 1. The van der Waals surface area contributed by atoms with Gasteiger partial charge in [-0.2, -0.15) is 5.26 Å². The minimum absolute atomic E-state index is 0.0549. The average molecular weight is 346 g/mol. The van der Waals surface area contributed by atoms with E-state index in [-0.39, 0.29) is 6.04 Å². The van der Waals surface area contributed by atoms with E-state index in [0.29, 0.717) is 23.6 Å². The molecule has 1 N–H and O–H groups in total. The van der Waals surface area contributed by atoms with E-state index >= 15 is 0 Å². The lowest BCUT2D eigenvalue weighted by atomic mass is 9.98. The van der Waals surface area contributed by atoms with Crippen LogP contribution in [0.2, 0.25) is 5.02 Å². The Hall–Kier alpha value is -1.83. The van der Waals surface area contributed by atoms with Gasteiger partial charge in [-0.3, -0.25) is 0 Å². The first-order chi connectivity index (χ1) is 11.7. The van der Waals surface area contributed by atoms with Gasteiger partial charge in [0.15, 0.2) is 0 Å². The molecule has 1 atom stereocenters. The van der Waals surface area contributed by atoms with Crippen LogP contribution in [0.1, 0.15) is 37.7 Å². The predicted molar refractivity (Wildman–Crippen MR) is 98.5 cm³/mol. The second-order valence-corrected chi connectivity index (χ2v) is 6.53. The second kappa shape index (κ2) is 9.46. The largest absolute Gasteiger partial charge is 0.363 e. The van der Waals surface area contributed by atoms with Crippen LogP contribution in [0, 0.1) is 11.3 Å². The van der Waals surface area contributed by atoms with Crippen LogP contribution in [0.5, 0.6) is 0 Å². The SMILES string of the molecule is CNC[C@H](CC=O)N(CC1=CCCCC1)c1ccc(C#N)c(Cl)c1. The Labute approximate surface area is 149 Å². The highest BCUT2D eigenvalue weighted by Crippen LogP contribution is 2.28. The minimum Gasteiger partial charge on any atom is -0.363 e. The zero-order valence-electron chi connectivity index (χ0n) is 14.1. The van der Waals surface area contributed by atoms with Crippen molar-refractivity contribution in [3.05, 3.63) is 40.4 Å². The number of likely N-dealkylation sites (N-methyl/N-ethyl adjacent to an activating group) is 1. The highest BCUT2D eigenvalue weighted by molar-refractivity contribution is 6.32. The summed E-state index contributed by atoms with van der Waals surface area (Å²) in [7, 11) is 1.89. The van der Waals surface area contributed by atoms with Crippen LogP contribution in [0.25, 0.3) is 0 Å². The number of anilines is 1. The first kappa shape index (κ1) is 18.5. The number of benzene rings is 1. The molecular formula is C19H24ClN3O. The van der Waals surface area contributed by atoms with E-state index < -0.39 is 0 Å². The van der Waals surface area contributed by atoms with E-state index in [1.807, 2.05) is 19.2 Å². The maximum absolute atomic E-state index is 11.1. The molecule has 0 bridgehead atoms. The van der Waals surface area contributed by atoms with Crippen LogP contribution < -0.4 is 10.2 Å². The van der Waals surface area contributed by atoms with Gasteiger partial charge in [-0.25, -0.2) is 0 Å². The van der Waals surface area contributed by atoms with Gasteiger partial charge < -0.3 is 15.0 Å². The van der Waals surface area contributed by atoms with Crippen molar-refractivity contribution in [2.75, 3.05) is 25.0 Å². The maximum Gasteiger partial charge on any atom is 0.122 e. The molecule has 0 aromatic heterocycles. The van der Waals surface area contributed by atoms with Crippen molar-refractivity contribution in [1.29, 1.82) is 5.26 Å². The number of carbonyl (C=O) groups excluding carboxylic acids is 1. The molecule has 128 valence electrons. The number of aldehydes is 1. The molecule has 0 fully saturated rings. The van der Waals surface area contributed by atoms with E-state index in [4.69, 9.17) is 16.9 Å². The van der Waals surface area contributed by atoms with Crippen molar-refractivity contribution in [2.45, 2.75) is 38.1 Å². The third-order valence-corrected chi connectivity index (χ3v) is 4.72. The van der Waals surface area contributed by atoms with Gasteiger partial charge in [0.1, 0.15) is 12.4 Å². The summed E-state index contributed by atoms with van der Waals surface area (Å²) in [4.78, 5) is 13.4. The average Bonchev–Trinajstić information content (AvgIpc) is 2.60. The highest BCUT2D eigenvalue weighted by Gasteiger charge is 2.21. The quantitative estimate of drug-likeness (QED) is 0.576. The lowest BCUT2D eigenvalue weighted by molar-refractivity contribution is -0.108. The molecule has 1 aliphatic carbocycles. The summed E-state index contributed by atoms with van der Waals surface area (Å²) in [5.74, 6) is 0. The smallest absolute Gasteiger partial charge is 0.122 e. The molecule has 0 heterocycles. The predicted octanol–water partition coefficient (Wildman–Crippen LogP) is 3.70. The van der Waals surface area contributed by atoms with Crippen molar-refractivity contribution in [1.82, 2.24) is 5.32 Å². The Morgan fingerprint density at radius 2 is 2.29 bits per heavy atom. The fourth-order valence-electron chi connectivity index (χ4n) is 3.14. The van der Waals surface area contributed by atoms with E-state index in [2.05, 4.69) is 22.4 Å². The molecule has 0 unspecified atom stereocenters. The lowest BCUT2D eigenvalue weighted by Crippen LogP contribution is -2.43. The van der Waals surface area contributed by atoms with E-state index in [1.54, 1.807) is 6.07 Å². The Morgan fingerprint density at radius 3 is 2.88 bits per heavy atom. The number of hydrogen-bond donors (Lipinski definition) is 1. The molecule has 0 saturated heterocycles. The van der Waals surface area contributed by atoms with Gasteiger partial charge in [0.05, 0.1) is 10.6 Å². The zero-order valence-corrected chi connectivity index (χ0v) is 14.9. The fourth-order valence-corrected chi connectivity index (χ4v) is 3.36. The van der Waals surface area contributed by atoms with Crippen LogP contribution in [-0.2, 0) is 4.79 Å². The van der Waals surface area contributed by atoms with E-state index in [1.165, 1.54) is 18.4 Å². The van der Waals surface area contributed by atoms with Gasteiger partial charge in [0.2, 0.25) is 0 Å². The topological polar surface area (TPSA) is 56.1 Å². The van der Waals surface area contributed by atoms with Gasteiger partial charge in [-0.1, -0.05) is 23.3 Å². The molecule has 24 heavy (non-hydrogen) atoms. The van der Waals surface area contributed by atoms with Gasteiger partial charge in [-0.05, 0) is 50.9 Å². The third-order valence-electron chi connectivity index (χ3n) is 4.41. The van der Waals surface area contributed by atoms with Crippen LogP contribution in [0.15, 0.2) is 29.8 Å². The van der Waals surface area contributed by atoms with Gasteiger partial charge >= 0.3 is 0 Å². The molecule has 1 aromatic rings. The van der Waals surface area contributed by atoms with Gasteiger partial charge in [0, 0.05) is 31.2 Å². The Bertz CT molecular complexity index is 636. The molecule has 2 rings (SSSR count). The van der Waals surface area contributed by atoms with Crippen LogP contribution in [-0.4, -0.2) is 32.5 Å². The molecule has 0 radical (unpaired) electrons. The number of nitriles is 1. The maximum atomic E-state index is 11.1. The molecule has 4 nitrogen and oxygen atoms in total. The summed E-state index contributed by atoms with van der Waals surface area (Å²) in [5.41, 5.74) is 2.83. The highest BCUT2D eigenvalue weighted by atomic mass is 35.5. The Balaban J connectivity index is 2.32. The molecule has 5 heteroatoms. The second-order valence-electron chi connectivity index (χ2n) is 6.13.